The van der Waals surface area contributed by atoms with Gasteiger partial charge in [0.05, 0.1) is 16.2 Å². The zero-order valence-electron chi connectivity index (χ0n) is 14.1. The van der Waals surface area contributed by atoms with Gasteiger partial charge in [-0.2, -0.15) is 0 Å². The van der Waals surface area contributed by atoms with Crippen LogP contribution in [0.25, 0.3) is 0 Å². The van der Waals surface area contributed by atoms with Crippen LogP contribution in [0.3, 0.4) is 0 Å². The van der Waals surface area contributed by atoms with Crippen LogP contribution in [-0.4, -0.2) is 31.4 Å². The first-order valence-corrected chi connectivity index (χ1v) is 9.62. The van der Waals surface area contributed by atoms with E-state index in [1.54, 1.807) is 0 Å². The Morgan fingerprint density at radius 1 is 0.905 bits per heavy atom. The Balaban J connectivity index is 0. The summed E-state index contributed by atoms with van der Waals surface area (Å²) in [4.78, 5) is 0. The summed E-state index contributed by atoms with van der Waals surface area (Å²) in [5, 5.41) is 0. The van der Waals surface area contributed by atoms with Crippen molar-refractivity contribution in [3.05, 3.63) is 0 Å². The third-order valence-electron chi connectivity index (χ3n) is 3.38. The molecule has 0 bridgehead atoms. The molecule has 0 aliphatic rings. The van der Waals surface area contributed by atoms with Crippen LogP contribution < -0.4 is 29.6 Å². The molecule has 1 unspecified atom stereocenters. The monoisotopic (exact) mass is 330 g/mol. The first-order chi connectivity index (χ1) is 9.49. The minimum absolute atomic E-state index is 0. The van der Waals surface area contributed by atoms with Gasteiger partial charge in [0.2, 0.25) is 0 Å². The molecule has 0 heterocycles. The summed E-state index contributed by atoms with van der Waals surface area (Å²) in [6, 6.07) is 0. The molecule has 0 aliphatic carbocycles. The number of unbranched alkanes of at least 4 members (excludes halogenated alkanes) is 6. The van der Waals surface area contributed by atoms with Crippen molar-refractivity contribution in [3.8, 4) is 0 Å². The van der Waals surface area contributed by atoms with E-state index in [-0.39, 0.29) is 41.4 Å². The van der Waals surface area contributed by atoms with E-state index in [4.69, 9.17) is 4.74 Å². The maximum absolute atomic E-state index is 10.7. The molecule has 21 heavy (non-hydrogen) atoms. The molecule has 0 aliphatic heterocycles. The second kappa shape index (κ2) is 15.8. The van der Waals surface area contributed by atoms with Gasteiger partial charge in [0.25, 0.3) is 0 Å². The normalized spacial score (nSPS) is 12.9. The summed E-state index contributed by atoms with van der Waals surface area (Å²) in [5.41, 5.74) is 0. The Labute approximate surface area is 153 Å². The van der Waals surface area contributed by atoms with Crippen LogP contribution in [0, 0.1) is 0 Å². The molecule has 0 spiro atoms. The summed E-state index contributed by atoms with van der Waals surface area (Å²) in [7, 11) is -4.12. The zero-order valence-corrected chi connectivity index (χ0v) is 16.9. The summed E-state index contributed by atoms with van der Waals surface area (Å²) >= 11 is 0. The second-order valence-electron chi connectivity index (χ2n) is 5.45. The molecule has 0 aromatic carbocycles. The van der Waals surface area contributed by atoms with Crippen LogP contribution in [0.4, 0.5) is 0 Å². The van der Waals surface area contributed by atoms with Crippen LogP contribution >= 0.6 is 0 Å². The maximum atomic E-state index is 10.7. The molecule has 0 saturated heterocycles. The molecule has 122 valence electrons. The Bertz CT molecular complexity index is 307. The molecule has 0 radical (unpaired) electrons. The molecule has 1 atom stereocenters. The molecule has 0 rings (SSSR count). The number of ether oxygens (including phenoxy) is 1. The molecule has 0 N–H and O–H groups in total. The summed E-state index contributed by atoms with van der Waals surface area (Å²) < 4.78 is 37.7. The molecule has 0 amide bonds. The van der Waals surface area contributed by atoms with Crippen molar-refractivity contribution in [2.75, 3.05) is 12.4 Å². The van der Waals surface area contributed by atoms with Gasteiger partial charge in [-0.1, -0.05) is 58.8 Å². The van der Waals surface area contributed by atoms with Crippen LogP contribution in [0.1, 0.15) is 78.1 Å². The van der Waals surface area contributed by atoms with Crippen molar-refractivity contribution in [2.24, 2.45) is 0 Å². The molecular weight excluding hydrogens is 299 g/mol. The van der Waals surface area contributed by atoms with Gasteiger partial charge in [0.1, 0.15) is 0 Å². The minimum atomic E-state index is -4.12. The van der Waals surface area contributed by atoms with Crippen molar-refractivity contribution in [1.82, 2.24) is 0 Å². The fourth-order valence-corrected chi connectivity index (χ4v) is 2.75. The van der Waals surface area contributed by atoms with E-state index >= 15 is 0 Å². The Morgan fingerprint density at radius 2 is 1.48 bits per heavy atom. The van der Waals surface area contributed by atoms with Crippen LogP contribution in [0.5, 0.6) is 0 Å². The number of hydrogen-bond donors (Lipinski definition) is 0. The molecular formula is C15H31NaO4S. The van der Waals surface area contributed by atoms with Crippen LogP contribution in [-0.2, 0) is 14.9 Å². The van der Waals surface area contributed by atoms with Crippen molar-refractivity contribution in [2.45, 2.75) is 84.2 Å². The average molecular weight is 330 g/mol. The van der Waals surface area contributed by atoms with E-state index in [2.05, 4.69) is 6.92 Å². The van der Waals surface area contributed by atoms with E-state index in [0.29, 0.717) is 13.0 Å². The van der Waals surface area contributed by atoms with Gasteiger partial charge in [-0.05, 0) is 19.3 Å². The minimum Gasteiger partial charge on any atom is -0.748 e. The van der Waals surface area contributed by atoms with E-state index < -0.39 is 10.1 Å². The summed E-state index contributed by atoms with van der Waals surface area (Å²) in [6.07, 6.45) is 10.7. The quantitative estimate of drug-likeness (QED) is 0.269. The van der Waals surface area contributed by atoms with Gasteiger partial charge in [0.15, 0.2) is 0 Å². The second-order valence-corrected chi connectivity index (χ2v) is 6.98. The molecule has 0 aromatic rings. The first-order valence-electron chi connectivity index (χ1n) is 8.04. The van der Waals surface area contributed by atoms with Crippen molar-refractivity contribution in [1.29, 1.82) is 0 Å². The smallest absolute Gasteiger partial charge is 0.748 e. The Morgan fingerprint density at radius 3 is 2.00 bits per heavy atom. The summed E-state index contributed by atoms with van der Waals surface area (Å²) in [5.74, 6) is -0.308. The molecule has 0 aromatic heterocycles. The molecule has 0 saturated carbocycles. The molecule has 6 heteroatoms. The maximum Gasteiger partial charge on any atom is 1.00 e. The van der Waals surface area contributed by atoms with Gasteiger partial charge >= 0.3 is 29.6 Å². The topological polar surface area (TPSA) is 66.4 Å². The zero-order chi connectivity index (χ0) is 15.3. The first kappa shape index (κ1) is 24.1. The van der Waals surface area contributed by atoms with Gasteiger partial charge in [-0.15, -0.1) is 0 Å². The summed E-state index contributed by atoms with van der Waals surface area (Å²) in [6.45, 7) is 4.87. The van der Waals surface area contributed by atoms with Gasteiger partial charge in [-0.3, -0.25) is 0 Å². The molecule has 0 fully saturated rings. The van der Waals surface area contributed by atoms with Crippen LogP contribution in [0.2, 0.25) is 0 Å². The standard InChI is InChI=1S/C15H32O4S.Na/c1-3-5-6-7-8-9-10-11-15(19-13-4-2)12-14-20(16,17)18;/h15H,3-14H2,1-2H3,(H,16,17,18);/q;+1/p-1. The van der Waals surface area contributed by atoms with Crippen molar-refractivity contribution >= 4 is 10.1 Å². The van der Waals surface area contributed by atoms with Gasteiger partial charge in [0, 0.05) is 12.4 Å². The van der Waals surface area contributed by atoms with Crippen molar-refractivity contribution in [3.63, 3.8) is 0 Å². The SMILES string of the molecule is CCCCCCCCCC(CCS(=O)(=O)[O-])OCCC.[Na+]. The van der Waals surface area contributed by atoms with E-state index in [0.717, 1.165) is 19.3 Å². The molecule has 4 nitrogen and oxygen atoms in total. The van der Waals surface area contributed by atoms with Gasteiger partial charge < -0.3 is 9.29 Å². The van der Waals surface area contributed by atoms with Gasteiger partial charge in [-0.25, -0.2) is 8.42 Å². The largest absolute Gasteiger partial charge is 1.00 e. The Kier molecular flexibility index (Phi) is 18.1. The van der Waals surface area contributed by atoms with E-state index in [9.17, 15) is 13.0 Å². The van der Waals surface area contributed by atoms with Crippen LogP contribution in [0.15, 0.2) is 0 Å². The van der Waals surface area contributed by atoms with E-state index in [1.165, 1.54) is 38.5 Å². The number of hydrogen-bond acceptors (Lipinski definition) is 4. The fourth-order valence-electron chi connectivity index (χ4n) is 2.20. The average Bonchev–Trinajstić information content (AvgIpc) is 2.39. The predicted octanol–water partition coefficient (Wildman–Crippen LogP) is 0.862. The van der Waals surface area contributed by atoms with E-state index in [1.807, 2.05) is 6.92 Å². The predicted molar refractivity (Wildman–Crippen MR) is 81.8 cm³/mol. The third kappa shape index (κ3) is 18.8. The Hall–Kier alpha value is 0.870. The third-order valence-corrected chi connectivity index (χ3v) is 4.11. The fraction of sp³-hybridized carbons (Fsp3) is 1.00. The number of rotatable bonds is 14. The van der Waals surface area contributed by atoms with Crippen molar-refractivity contribution < 1.29 is 47.3 Å².